The number of quaternary nitrogens is 1. The van der Waals surface area contributed by atoms with Crippen molar-refractivity contribution in [3.63, 3.8) is 0 Å². The number of Topliss-reactive ketones (excluding diaryl/α,β-unsaturated/α-hetero) is 1. The highest BCUT2D eigenvalue weighted by atomic mass is 16.4. The predicted octanol–water partition coefficient (Wildman–Crippen LogP) is -0.288. The Labute approximate surface area is 109 Å². The van der Waals surface area contributed by atoms with E-state index in [9.17, 15) is 19.8 Å². The SMILES string of the molecule is CCCC(=O)C(O)(CC(=O)[O-])C(C)(C)[N+](C)(C)C. The number of hydrogen-bond acceptors (Lipinski definition) is 4. The first-order chi connectivity index (χ1) is 7.90. The number of carbonyl (C=O) groups excluding carboxylic acids is 2. The second-order valence-electron chi connectivity index (χ2n) is 6.15. The Kier molecular flexibility index (Phi) is 5.08. The van der Waals surface area contributed by atoms with Crippen LogP contribution in [0.2, 0.25) is 0 Å². The molecule has 0 fully saturated rings. The van der Waals surface area contributed by atoms with Crippen LogP contribution >= 0.6 is 0 Å². The minimum absolute atomic E-state index is 0.160. The monoisotopic (exact) mass is 259 g/mol. The van der Waals surface area contributed by atoms with Gasteiger partial charge in [0.1, 0.15) is 5.54 Å². The Balaban J connectivity index is 5.61. The molecule has 0 saturated heterocycles. The summed E-state index contributed by atoms with van der Waals surface area (Å²) in [6.45, 7) is 5.21. The molecule has 1 atom stereocenters. The van der Waals surface area contributed by atoms with Gasteiger partial charge in [-0.15, -0.1) is 0 Å². The van der Waals surface area contributed by atoms with Gasteiger partial charge < -0.3 is 19.5 Å². The summed E-state index contributed by atoms with van der Waals surface area (Å²) < 4.78 is 0.270. The predicted molar refractivity (Wildman–Crippen MR) is 66.6 cm³/mol. The number of carboxylic acid groups (broad SMARTS) is 1. The van der Waals surface area contributed by atoms with Gasteiger partial charge >= 0.3 is 0 Å². The molecule has 0 bridgehead atoms. The average molecular weight is 259 g/mol. The summed E-state index contributed by atoms with van der Waals surface area (Å²) >= 11 is 0. The summed E-state index contributed by atoms with van der Waals surface area (Å²) in [5.74, 6) is -1.85. The fraction of sp³-hybridized carbons (Fsp3) is 0.846. The van der Waals surface area contributed by atoms with Crippen LogP contribution in [-0.2, 0) is 9.59 Å². The minimum Gasteiger partial charge on any atom is -0.550 e. The van der Waals surface area contributed by atoms with E-state index in [0.29, 0.717) is 6.42 Å². The van der Waals surface area contributed by atoms with Gasteiger partial charge in [0.2, 0.25) is 0 Å². The van der Waals surface area contributed by atoms with Gasteiger partial charge in [0.25, 0.3) is 0 Å². The van der Waals surface area contributed by atoms with Crippen LogP contribution in [-0.4, -0.2) is 53.6 Å². The molecule has 0 aliphatic rings. The molecule has 0 aliphatic carbocycles. The van der Waals surface area contributed by atoms with Gasteiger partial charge in [-0.1, -0.05) is 6.92 Å². The van der Waals surface area contributed by atoms with Crippen LogP contribution in [0.5, 0.6) is 0 Å². The maximum atomic E-state index is 12.1. The molecule has 5 nitrogen and oxygen atoms in total. The molecule has 0 aliphatic heterocycles. The highest BCUT2D eigenvalue weighted by Gasteiger charge is 2.56. The number of carboxylic acids is 1. The normalized spacial score (nSPS) is 16.2. The van der Waals surface area contributed by atoms with Gasteiger partial charge in [0.05, 0.1) is 21.1 Å². The van der Waals surface area contributed by atoms with Gasteiger partial charge in [-0.2, -0.15) is 0 Å². The molecule has 0 radical (unpaired) electrons. The molecular formula is C13H25NO4. The van der Waals surface area contributed by atoms with E-state index in [1.165, 1.54) is 0 Å². The molecule has 106 valence electrons. The van der Waals surface area contributed by atoms with Crippen molar-refractivity contribution < 1.29 is 24.3 Å². The van der Waals surface area contributed by atoms with Crippen molar-refractivity contribution in [2.45, 2.75) is 51.2 Å². The first kappa shape index (κ1) is 17.1. The maximum Gasteiger partial charge on any atom is 0.182 e. The molecule has 0 saturated carbocycles. The second kappa shape index (κ2) is 5.36. The van der Waals surface area contributed by atoms with Gasteiger partial charge in [-0.3, -0.25) is 4.79 Å². The number of aliphatic hydroxyl groups is 1. The van der Waals surface area contributed by atoms with Crippen LogP contribution in [0.4, 0.5) is 0 Å². The van der Waals surface area contributed by atoms with E-state index in [4.69, 9.17) is 0 Å². The number of carbonyl (C=O) groups is 2. The van der Waals surface area contributed by atoms with Crippen molar-refractivity contribution in [1.29, 1.82) is 0 Å². The van der Waals surface area contributed by atoms with E-state index < -0.39 is 29.3 Å². The third kappa shape index (κ3) is 3.09. The first-order valence-corrected chi connectivity index (χ1v) is 6.17. The number of rotatable bonds is 7. The largest absolute Gasteiger partial charge is 0.550 e. The Morgan fingerprint density at radius 1 is 1.22 bits per heavy atom. The Morgan fingerprint density at radius 3 is 1.94 bits per heavy atom. The van der Waals surface area contributed by atoms with Gasteiger partial charge in [-0.05, 0) is 20.3 Å². The average Bonchev–Trinajstić information content (AvgIpc) is 2.14. The summed E-state index contributed by atoms with van der Waals surface area (Å²) in [5, 5.41) is 21.5. The zero-order valence-corrected chi connectivity index (χ0v) is 12.2. The quantitative estimate of drug-likeness (QED) is 0.637. The molecular weight excluding hydrogens is 234 g/mol. The van der Waals surface area contributed by atoms with E-state index in [0.717, 1.165) is 0 Å². The molecule has 0 amide bonds. The standard InChI is InChI=1S/C13H25NO4/c1-7-8-10(15)13(18,9-11(16)17)12(2,3)14(4,5)6/h18H,7-9H2,1-6H3. The van der Waals surface area contributed by atoms with Crippen molar-refractivity contribution in [3.8, 4) is 0 Å². The number of nitrogens with zero attached hydrogens (tertiary/aromatic N) is 1. The van der Waals surface area contributed by atoms with Crippen LogP contribution in [0.15, 0.2) is 0 Å². The molecule has 5 heteroatoms. The Hall–Kier alpha value is -0.940. The number of likely N-dealkylation sites (N-methyl/N-ethyl adjacent to an activating group) is 1. The van der Waals surface area contributed by atoms with Gasteiger partial charge in [0.15, 0.2) is 11.4 Å². The molecule has 0 aromatic heterocycles. The Morgan fingerprint density at radius 2 is 1.67 bits per heavy atom. The third-order valence-corrected chi connectivity index (χ3v) is 4.03. The smallest absolute Gasteiger partial charge is 0.182 e. The van der Waals surface area contributed by atoms with E-state index in [2.05, 4.69) is 0 Å². The van der Waals surface area contributed by atoms with Crippen LogP contribution in [0.3, 0.4) is 0 Å². The van der Waals surface area contributed by atoms with Crippen LogP contribution in [0.25, 0.3) is 0 Å². The molecule has 0 rings (SSSR count). The van der Waals surface area contributed by atoms with E-state index >= 15 is 0 Å². The number of ketones is 1. The highest BCUT2D eigenvalue weighted by Crippen LogP contribution is 2.35. The maximum absolute atomic E-state index is 12.1. The van der Waals surface area contributed by atoms with E-state index in [1.54, 1.807) is 13.8 Å². The Bertz CT molecular complexity index is 330. The molecule has 18 heavy (non-hydrogen) atoms. The lowest BCUT2D eigenvalue weighted by Crippen LogP contribution is -2.70. The summed E-state index contributed by atoms with van der Waals surface area (Å²) in [5.41, 5.74) is -2.85. The van der Waals surface area contributed by atoms with Crippen molar-refractivity contribution in [3.05, 3.63) is 0 Å². The molecule has 0 aromatic rings. The van der Waals surface area contributed by atoms with Crippen molar-refractivity contribution in [2.24, 2.45) is 0 Å². The van der Waals surface area contributed by atoms with Gasteiger partial charge in [-0.25, -0.2) is 0 Å². The minimum atomic E-state index is -1.92. The summed E-state index contributed by atoms with van der Waals surface area (Å²) in [4.78, 5) is 23.0. The second-order valence-corrected chi connectivity index (χ2v) is 6.15. The van der Waals surface area contributed by atoms with Crippen LogP contribution in [0, 0.1) is 0 Å². The first-order valence-electron chi connectivity index (χ1n) is 6.17. The summed E-state index contributed by atoms with van der Waals surface area (Å²) in [6.07, 6.45) is 0.0585. The summed E-state index contributed by atoms with van der Waals surface area (Å²) in [6, 6.07) is 0. The lowest BCUT2D eigenvalue weighted by molar-refractivity contribution is -0.926. The molecule has 1 unspecified atom stereocenters. The lowest BCUT2D eigenvalue weighted by atomic mass is 9.73. The molecule has 0 aromatic carbocycles. The fourth-order valence-electron chi connectivity index (χ4n) is 1.85. The topological polar surface area (TPSA) is 77.4 Å². The number of aliphatic carboxylic acids is 1. The molecule has 0 spiro atoms. The van der Waals surface area contributed by atoms with Crippen molar-refractivity contribution in [1.82, 2.24) is 0 Å². The highest BCUT2D eigenvalue weighted by molar-refractivity contribution is 5.91. The van der Waals surface area contributed by atoms with E-state index in [-0.39, 0.29) is 10.9 Å². The fourth-order valence-corrected chi connectivity index (χ4v) is 1.85. The molecule has 1 N–H and O–H groups in total. The third-order valence-electron chi connectivity index (χ3n) is 4.03. The zero-order chi connectivity index (χ0) is 14.8. The lowest BCUT2D eigenvalue weighted by Gasteiger charge is -2.50. The van der Waals surface area contributed by atoms with E-state index in [1.807, 2.05) is 28.1 Å². The van der Waals surface area contributed by atoms with Crippen LogP contribution < -0.4 is 5.11 Å². The number of hydrogen-bond donors (Lipinski definition) is 1. The summed E-state index contributed by atoms with van der Waals surface area (Å²) in [7, 11) is 5.46. The molecule has 0 heterocycles. The van der Waals surface area contributed by atoms with Crippen molar-refractivity contribution >= 4 is 11.8 Å². The van der Waals surface area contributed by atoms with Crippen LogP contribution in [0.1, 0.15) is 40.0 Å². The van der Waals surface area contributed by atoms with Crippen molar-refractivity contribution in [2.75, 3.05) is 21.1 Å². The van der Waals surface area contributed by atoms with Gasteiger partial charge in [0, 0.05) is 18.8 Å². The zero-order valence-electron chi connectivity index (χ0n) is 12.2.